The summed E-state index contributed by atoms with van der Waals surface area (Å²) < 4.78 is 5.32. The molecule has 2 aromatic rings. The number of anilines is 1. The molecule has 5 nitrogen and oxygen atoms in total. The molecule has 0 saturated heterocycles. The van der Waals surface area contributed by atoms with Gasteiger partial charge in [0, 0.05) is 5.69 Å². The zero-order valence-corrected chi connectivity index (χ0v) is 12.4. The highest BCUT2D eigenvalue weighted by Crippen LogP contribution is 2.10. The SMILES string of the molecule is Cc1ccc(N[C@@H](C)C(=O)N/N=C\c2ccc(C)o2)cc1. The van der Waals surface area contributed by atoms with Gasteiger partial charge in [0.15, 0.2) is 0 Å². The van der Waals surface area contributed by atoms with Crippen LogP contribution in [0.1, 0.15) is 24.0 Å². The summed E-state index contributed by atoms with van der Waals surface area (Å²) in [6, 6.07) is 11.1. The lowest BCUT2D eigenvalue weighted by atomic mass is 10.2. The maximum Gasteiger partial charge on any atom is 0.262 e. The van der Waals surface area contributed by atoms with Gasteiger partial charge in [-0.15, -0.1) is 0 Å². The second-order valence-corrected chi connectivity index (χ2v) is 4.91. The van der Waals surface area contributed by atoms with Crippen LogP contribution in [0, 0.1) is 13.8 Å². The molecule has 0 bridgehead atoms. The van der Waals surface area contributed by atoms with Gasteiger partial charge < -0.3 is 9.73 Å². The van der Waals surface area contributed by atoms with E-state index in [1.165, 1.54) is 11.8 Å². The first-order valence-electron chi connectivity index (χ1n) is 6.77. The highest BCUT2D eigenvalue weighted by molar-refractivity contribution is 5.85. The predicted molar refractivity (Wildman–Crippen MR) is 83.4 cm³/mol. The molecule has 0 fully saturated rings. The van der Waals surface area contributed by atoms with Gasteiger partial charge in [-0.2, -0.15) is 5.10 Å². The summed E-state index contributed by atoms with van der Waals surface area (Å²) in [4.78, 5) is 11.9. The number of hydrogen-bond donors (Lipinski definition) is 2. The minimum Gasteiger partial charge on any atom is -0.460 e. The van der Waals surface area contributed by atoms with E-state index in [4.69, 9.17) is 4.42 Å². The molecular formula is C16H19N3O2. The van der Waals surface area contributed by atoms with Gasteiger partial charge in [-0.25, -0.2) is 5.43 Å². The fourth-order valence-corrected chi connectivity index (χ4v) is 1.74. The molecule has 0 unspecified atom stereocenters. The van der Waals surface area contributed by atoms with Crippen LogP contribution in [-0.2, 0) is 4.79 Å². The van der Waals surface area contributed by atoms with Crippen LogP contribution in [0.5, 0.6) is 0 Å². The number of hydrazone groups is 1. The predicted octanol–water partition coefficient (Wildman–Crippen LogP) is 2.85. The molecule has 0 aliphatic rings. The molecule has 2 N–H and O–H groups in total. The lowest BCUT2D eigenvalue weighted by Gasteiger charge is -2.13. The van der Waals surface area contributed by atoms with Gasteiger partial charge >= 0.3 is 0 Å². The Morgan fingerprint density at radius 1 is 1.19 bits per heavy atom. The van der Waals surface area contributed by atoms with Crippen molar-refractivity contribution < 1.29 is 9.21 Å². The van der Waals surface area contributed by atoms with Gasteiger partial charge in [0.05, 0.1) is 6.21 Å². The largest absolute Gasteiger partial charge is 0.460 e. The maximum absolute atomic E-state index is 11.9. The summed E-state index contributed by atoms with van der Waals surface area (Å²) in [5.41, 5.74) is 4.55. The Hall–Kier alpha value is -2.56. The molecule has 1 aromatic heterocycles. The molecule has 0 saturated carbocycles. The molecule has 1 atom stereocenters. The average molecular weight is 285 g/mol. The Kier molecular flexibility index (Phi) is 4.77. The Balaban J connectivity index is 1.85. The molecule has 5 heteroatoms. The zero-order valence-electron chi connectivity index (χ0n) is 12.4. The molecule has 110 valence electrons. The van der Waals surface area contributed by atoms with E-state index in [0.717, 1.165) is 11.4 Å². The third-order valence-electron chi connectivity index (χ3n) is 2.96. The topological polar surface area (TPSA) is 66.6 Å². The molecular weight excluding hydrogens is 266 g/mol. The van der Waals surface area contributed by atoms with E-state index in [1.54, 1.807) is 13.0 Å². The number of nitrogens with zero attached hydrogens (tertiary/aromatic N) is 1. The van der Waals surface area contributed by atoms with E-state index in [2.05, 4.69) is 15.8 Å². The first-order valence-corrected chi connectivity index (χ1v) is 6.77. The van der Waals surface area contributed by atoms with Gasteiger partial charge in [-0.1, -0.05) is 17.7 Å². The fourth-order valence-electron chi connectivity index (χ4n) is 1.74. The van der Waals surface area contributed by atoms with Crippen molar-refractivity contribution >= 4 is 17.8 Å². The van der Waals surface area contributed by atoms with Crippen LogP contribution in [0.2, 0.25) is 0 Å². The van der Waals surface area contributed by atoms with Crippen LogP contribution in [0.4, 0.5) is 5.69 Å². The van der Waals surface area contributed by atoms with Gasteiger partial charge in [-0.3, -0.25) is 4.79 Å². The molecule has 2 rings (SSSR count). The van der Waals surface area contributed by atoms with Crippen LogP contribution in [-0.4, -0.2) is 18.2 Å². The van der Waals surface area contributed by atoms with E-state index < -0.39 is 0 Å². The fraction of sp³-hybridized carbons (Fsp3) is 0.250. The molecule has 1 amide bonds. The number of furan rings is 1. The molecule has 0 aliphatic heterocycles. The minimum absolute atomic E-state index is 0.213. The van der Waals surface area contributed by atoms with Crippen molar-refractivity contribution in [2.24, 2.45) is 5.10 Å². The highest BCUT2D eigenvalue weighted by atomic mass is 16.3. The second-order valence-electron chi connectivity index (χ2n) is 4.91. The van der Waals surface area contributed by atoms with E-state index in [1.807, 2.05) is 44.2 Å². The summed E-state index contributed by atoms with van der Waals surface area (Å²) in [6.07, 6.45) is 1.48. The van der Waals surface area contributed by atoms with Crippen LogP contribution in [0.3, 0.4) is 0 Å². The summed E-state index contributed by atoms with van der Waals surface area (Å²) in [7, 11) is 0. The zero-order chi connectivity index (χ0) is 15.2. The van der Waals surface area contributed by atoms with Crippen molar-refractivity contribution in [1.82, 2.24) is 5.43 Å². The highest BCUT2D eigenvalue weighted by Gasteiger charge is 2.11. The standard InChI is InChI=1S/C16H19N3O2/c1-11-4-7-14(8-5-11)18-13(3)16(20)19-17-10-15-9-6-12(2)21-15/h4-10,13,18H,1-3H3,(H,19,20)/b17-10-/t13-/m0/s1. The van der Waals surface area contributed by atoms with Crippen LogP contribution >= 0.6 is 0 Å². The third kappa shape index (κ3) is 4.49. The smallest absolute Gasteiger partial charge is 0.262 e. The Bertz CT molecular complexity index is 629. The Labute approximate surface area is 124 Å². The van der Waals surface area contributed by atoms with Gasteiger partial charge in [0.25, 0.3) is 5.91 Å². The van der Waals surface area contributed by atoms with Crippen LogP contribution in [0.25, 0.3) is 0 Å². The Morgan fingerprint density at radius 2 is 1.90 bits per heavy atom. The number of aryl methyl sites for hydroxylation is 2. The number of carbonyl (C=O) groups excluding carboxylic acids is 1. The monoisotopic (exact) mass is 285 g/mol. The van der Waals surface area contributed by atoms with Crippen LogP contribution in [0.15, 0.2) is 45.9 Å². The quantitative estimate of drug-likeness (QED) is 0.655. The molecule has 0 spiro atoms. The first-order chi connectivity index (χ1) is 10.0. The van der Waals surface area contributed by atoms with E-state index >= 15 is 0 Å². The normalized spacial score (nSPS) is 12.3. The maximum atomic E-state index is 11.9. The number of amides is 1. The van der Waals surface area contributed by atoms with Crippen molar-refractivity contribution in [2.75, 3.05) is 5.32 Å². The number of hydrogen-bond acceptors (Lipinski definition) is 4. The van der Waals surface area contributed by atoms with Crippen LogP contribution < -0.4 is 10.7 Å². The van der Waals surface area contributed by atoms with Crippen molar-refractivity contribution in [3.63, 3.8) is 0 Å². The van der Waals surface area contributed by atoms with E-state index in [9.17, 15) is 4.79 Å². The minimum atomic E-state index is -0.386. The van der Waals surface area contributed by atoms with Crippen molar-refractivity contribution in [3.05, 3.63) is 53.5 Å². The van der Waals surface area contributed by atoms with Crippen molar-refractivity contribution in [1.29, 1.82) is 0 Å². The van der Waals surface area contributed by atoms with Crippen molar-refractivity contribution in [3.8, 4) is 0 Å². The first kappa shape index (κ1) is 14.8. The number of nitrogens with one attached hydrogen (secondary N) is 2. The number of benzene rings is 1. The third-order valence-corrected chi connectivity index (χ3v) is 2.96. The lowest BCUT2D eigenvalue weighted by molar-refractivity contribution is -0.121. The molecule has 21 heavy (non-hydrogen) atoms. The van der Waals surface area contributed by atoms with Gasteiger partial charge in [0.1, 0.15) is 17.6 Å². The lowest BCUT2D eigenvalue weighted by Crippen LogP contribution is -2.34. The molecule has 0 aliphatic carbocycles. The summed E-state index contributed by atoms with van der Waals surface area (Å²) >= 11 is 0. The number of carbonyl (C=O) groups is 1. The molecule has 1 aromatic carbocycles. The summed E-state index contributed by atoms with van der Waals surface area (Å²) in [5, 5.41) is 6.99. The average Bonchev–Trinajstić information content (AvgIpc) is 2.87. The van der Waals surface area contributed by atoms with Gasteiger partial charge in [0.2, 0.25) is 0 Å². The number of rotatable bonds is 5. The van der Waals surface area contributed by atoms with Gasteiger partial charge in [-0.05, 0) is 45.0 Å². The second kappa shape index (κ2) is 6.74. The molecule has 1 heterocycles. The van der Waals surface area contributed by atoms with E-state index in [-0.39, 0.29) is 11.9 Å². The summed E-state index contributed by atoms with van der Waals surface area (Å²) in [6.45, 7) is 5.65. The van der Waals surface area contributed by atoms with E-state index in [0.29, 0.717) is 5.76 Å². The molecule has 0 radical (unpaired) electrons. The van der Waals surface area contributed by atoms with Crippen molar-refractivity contribution in [2.45, 2.75) is 26.8 Å². The Morgan fingerprint density at radius 3 is 2.52 bits per heavy atom. The summed E-state index contributed by atoms with van der Waals surface area (Å²) in [5.74, 6) is 1.19.